The fourth-order valence-corrected chi connectivity index (χ4v) is 4.61. The lowest BCUT2D eigenvalue weighted by atomic mass is 9.96. The van der Waals surface area contributed by atoms with Crippen molar-refractivity contribution in [2.45, 2.75) is 90.1 Å². The lowest BCUT2D eigenvalue weighted by Gasteiger charge is -2.23. The van der Waals surface area contributed by atoms with Gasteiger partial charge in [0.25, 0.3) is 5.56 Å². The zero-order valence-electron chi connectivity index (χ0n) is 18.1. The number of fused-ring (bicyclic) bond motifs is 1. The van der Waals surface area contributed by atoms with Crippen LogP contribution < -0.4 is 22.3 Å². The monoisotopic (exact) mass is 414 g/mol. The van der Waals surface area contributed by atoms with Crippen LogP contribution in [0.15, 0.2) is 11.0 Å². The van der Waals surface area contributed by atoms with E-state index >= 15 is 0 Å². The number of pyridine rings is 1. The number of hydrogen-bond donors (Lipinski definition) is 3. The summed E-state index contributed by atoms with van der Waals surface area (Å²) in [5, 5.41) is 4.29. The molecular weight excluding hydrogens is 380 g/mol. The van der Waals surface area contributed by atoms with Crippen LogP contribution in [-0.2, 0) is 11.2 Å². The van der Waals surface area contributed by atoms with Crippen molar-refractivity contribution in [1.29, 1.82) is 0 Å². The van der Waals surface area contributed by atoms with Crippen LogP contribution in [0, 0.1) is 0 Å². The SMILES string of the molecule is CC(N)=O.CCc1c(N)c2cnc(NC3CCCCC3)nc2n(C2CCCC2)c1=O. The summed E-state index contributed by atoms with van der Waals surface area (Å²) in [5.74, 6) is 0.291. The zero-order chi connectivity index (χ0) is 21.7. The van der Waals surface area contributed by atoms with Crippen LogP contribution in [0.5, 0.6) is 0 Å². The van der Waals surface area contributed by atoms with Crippen LogP contribution >= 0.6 is 0 Å². The molecule has 2 aromatic heterocycles. The highest BCUT2D eigenvalue weighted by Gasteiger charge is 2.24. The third-order valence-electron chi connectivity index (χ3n) is 6.07. The highest BCUT2D eigenvalue weighted by Crippen LogP contribution is 2.32. The number of nitrogens with two attached hydrogens (primary N) is 2. The Morgan fingerprint density at radius 3 is 2.37 bits per heavy atom. The van der Waals surface area contributed by atoms with Crippen molar-refractivity contribution < 1.29 is 4.79 Å². The average molecular weight is 415 g/mol. The molecule has 2 saturated carbocycles. The molecule has 2 aliphatic carbocycles. The molecule has 30 heavy (non-hydrogen) atoms. The van der Waals surface area contributed by atoms with Gasteiger partial charge in [0.2, 0.25) is 11.9 Å². The minimum absolute atomic E-state index is 0.0340. The molecule has 0 atom stereocenters. The standard InChI is InChI=1S/C20H29N5O.C2H5NO/c1-2-15-17(21)16-12-22-20(23-13-8-4-3-5-9-13)24-18(16)25(19(15)26)14-10-6-7-11-14;1-2(3)4/h12-14H,2-11,21H2,1H3,(H,22,23,24);1H3,(H2,3,4). The Kier molecular flexibility index (Phi) is 7.29. The molecule has 8 nitrogen and oxygen atoms in total. The highest BCUT2D eigenvalue weighted by atomic mass is 16.1. The molecule has 5 N–H and O–H groups in total. The number of nitrogens with zero attached hydrogens (tertiary/aromatic N) is 3. The zero-order valence-corrected chi connectivity index (χ0v) is 18.1. The minimum atomic E-state index is -0.333. The summed E-state index contributed by atoms with van der Waals surface area (Å²) in [5.41, 5.74) is 12.8. The van der Waals surface area contributed by atoms with E-state index in [9.17, 15) is 9.59 Å². The second-order valence-electron chi connectivity index (χ2n) is 8.38. The van der Waals surface area contributed by atoms with Gasteiger partial charge in [0.15, 0.2) is 5.65 Å². The number of nitrogen functional groups attached to an aromatic ring is 1. The van der Waals surface area contributed by atoms with Gasteiger partial charge in [-0.05, 0) is 32.1 Å². The molecule has 0 aromatic carbocycles. The van der Waals surface area contributed by atoms with E-state index in [1.165, 1.54) is 39.0 Å². The maximum absolute atomic E-state index is 13.1. The van der Waals surface area contributed by atoms with Crippen LogP contribution in [0.25, 0.3) is 11.0 Å². The van der Waals surface area contributed by atoms with Crippen molar-refractivity contribution in [3.8, 4) is 0 Å². The molecule has 0 aliphatic heterocycles. The predicted octanol–water partition coefficient (Wildman–Crippen LogP) is 3.29. The average Bonchev–Trinajstić information content (AvgIpc) is 3.23. The van der Waals surface area contributed by atoms with E-state index in [-0.39, 0.29) is 17.5 Å². The van der Waals surface area contributed by atoms with Gasteiger partial charge in [-0.15, -0.1) is 0 Å². The van der Waals surface area contributed by atoms with E-state index in [0.717, 1.165) is 31.1 Å². The largest absolute Gasteiger partial charge is 0.398 e. The lowest BCUT2D eigenvalue weighted by Crippen LogP contribution is -2.29. The van der Waals surface area contributed by atoms with Gasteiger partial charge in [0, 0.05) is 30.8 Å². The molecule has 4 rings (SSSR count). The Morgan fingerprint density at radius 1 is 1.17 bits per heavy atom. The van der Waals surface area contributed by atoms with Crippen molar-refractivity contribution in [1.82, 2.24) is 14.5 Å². The van der Waals surface area contributed by atoms with Crippen LogP contribution in [0.4, 0.5) is 11.6 Å². The molecule has 1 amide bonds. The van der Waals surface area contributed by atoms with Gasteiger partial charge in [-0.25, -0.2) is 4.98 Å². The summed E-state index contributed by atoms with van der Waals surface area (Å²) in [6.45, 7) is 3.29. The van der Waals surface area contributed by atoms with Crippen LogP contribution in [-0.4, -0.2) is 26.5 Å². The maximum atomic E-state index is 13.1. The van der Waals surface area contributed by atoms with Crippen molar-refractivity contribution in [2.75, 3.05) is 11.1 Å². The summed E-state index contributed by atoms with van der Waals surface area (Å²) in [7, 11) is 0. The lowest BCUT2D eigenvalue weighted by molar-refractivity contribution is -0.115. The molecule has 0 unspecified atom stereocenters. The van der Waals surface area contributed by atoms with Gasteiger partial charge in [0.05, 0.1) is 11.1 Å². The van der Waals surface area contributed by atoms with E-state index in [4.69, 9.17) is 10.7 Å². The first kappa shape index (κ1) is 22.1. The van der Waals surface area contributed by atoms with Crippen LogP contribution in [0.2, 0.25) is 0 Å². The van der Waals surface area contributed by atoms with Gasteiger partial charge in [-0.3, -0.25) is 14.2 Å². The number of carbonyl (C=O) groups excluding carboxylic acids is 1. The number of hydrogen-bond acceptors (Lipinski definition) is 6. The normalized spacial score (nSPS) is 17.5. The summed E-state index contributed by atoms with van der Waals surface area (Å²) in [4.78, 5) is 31.6. The Hall–Kier alpha value is -2.64. The summed E-state index contributed by atoms with van der Waals surface area (Å²) < 4.78 is 1.91. The Morgan fingerprint density at radius 2 is 1.77 bits per heavy atom. The first-order valence-corrected chi connectivity index (χ1v) is 11.1. The molecule has 2 heterocycles. The van der Waals surface area contributed by atoms with E-state index in [1.807, 2.05) is 11.5 Å². The number of rotatable bonds is 4. The number of anilines is 2. The fourth-order valence-electron chi connectivity index (χ4n) is 4.61. The Labute approximate surface area is 177 Å². The summed E-state index contributed by atoms with van der Waals surface area (Å²) in [6, 6.07) is 0.661. The number of amides is 1. The molecule has 2 aliphatic rings. The van der Waals surface area contributed by atoms with Crippen molar-refractivity contribution in [3.05, 3.63) is 22.1 Å². The second kappa shape index (κ2) is 9.91. The van der Waals surface area contributed by atoms with E-state index < -0.39 is 0 Å². The molecule has 0 radical (unpaired) electrons. The molecule has 0 spiro atoms. The smallest absolute Gasteiger partial charge is 0.257 e. The molecule has 0 saturated heterocycles. The number of nitrogens with one attached hydrogen (secondary N) is 1. The molecular formula is C22H34N6O2. The number of carbonyl (C=O) groups is 1. The first-order valence-electron chi connectivity index (χ1n) is 11.1. The summed E-state index contributed by atoms with van der Waals surface area (Å²) in [6.07, 6.45) is 13.0. The molecule has 8 heteroatoms. The third-order valence-corrected chi connectivity index (χ3v) is 6.07. The second-order valence-corrected chi connectivity index (χ2v) is 8.38. The van der Waals surface area contributed by atoms with E-state index in [1.54, 1.807) is 6.20 Å². The van der Waals surface area contributed by atoms with Crippen molar-refractivity contribution in [2.24, 2.45) is 5.73 Å². The van der Waals surface area contributed by atoms with Gasteiger partial charge in [0.1, 0.15) is 0 Å². The predicted molar refractivity (Wildman–Crippen MR) is 120 cm³/mol. The Bertz CT molecular complexity index is 939. The number of primary amides is 1. The van der Waals surface area contributed by atoms with Crippen molar-refractivity contribution in [3.63, 3.8) is 0 Å². The quantitative estimate of drug-likeness (QED) is 0.704. The minimum Gasteiger partial charge on any atom is -0.398 e. The molecule has 164 valence electrons. The van der Waals surface area contributed by atoms with Gasteiger partial charge >= 0.3 is 0 Å². The molecule has 2 aromatic rings. The summed E-state index contributed by atoms with van der Waals surface area (Å²) >= 11 is 0. The fraction of sp³-hybridized carbons (Fsp3) is 0.636. The highest BCUT2D eigenvalue weighted by molar-refractivity contribution is 5.89. The number of aromatic nitrogens is 3. The topological polar surface area (TPSA) is 129 Å². The van der Waals surface area contributed by atoms with Gasteiger partial charge < -0.3 is 16.8 Å². The van der Waals surface area contributed by atoms with Crippen molar-refractivity contribution >= 4 is 28.6 Å². The molecule has 2 fully saturated rings. The van der Waals surface area contributed by atoms with Gasteiger partial charge in [-0.2, -0.15) is 4.98 Å². The van der Waals surface area contributed by atoms with E-state index in [2.05, 4.69) is 16.0 Å². The van der Waals surface area contributed by atoms with Crippen LogP contribution in [0.1, 0.15) is 83.2 Å². The third kappa shape index (κ3) is 4.91. The maximum Gasteiger partial charge on any atom is 0.257 e. The van der Waals surface area contributed by atoms with E-state index in [0.29, 0.717) is 35.3 Å². The van der Waals surface area contributed by atoms with Crippen LogP contribution in [0.3, 0.4) is 0 Å². The van der Waals surface area contributed by atoms with Gasteiger partial charge in [-0.1, -0.05) is 39.0 Å². The first-order chi connectivity index (χ1) is 14.4. The Balaban J connectivity index is 0.000000589. The molecule has 0 bridgehead atoms.